The molecule has 6 heteroatoms. The standard InChI is InChI=1S/C11H13ClN2O3/c1-15-2-3-16-4-5-17-11-7-9(8-13)6-10(12)14-11/h6-7H,2-5H2,1H3. The van der Waals surface area contributed by atoms with Crippen molar-refractivity contribution in [1.82, 2.24) is 4.98 Å². The van der Waals surface area contributed by atoms with Crippen molar-refractivity contribution in [1.29, 1.82) is 5.26 Å². The van der Waals surface area contributed by atoms with Crippen LogP contribution in [0, 0.1) is 11.3 Å². The highest BCUT2D eigenvalue weighted by Crippen LogP contribution is 2.15. The molecule has 0 spiro atoms. The molecule has 0 unspecified atom stereocenters. The number of methoxy groups -OCH3 is 1. The molecule has 17 heavy (non-hydrogen) atoms. The van der Waals surface area contributed by atoms with Crippen LogP contribution in [-0.2, 0) is 9.47 Å². The second kappa shape index (κ2) is 7.85. The average Bonchev–Trinajstić information content (AvgIpc) is 2.33. The Hall–Kier alpha value is -1.35. The minimum Gasteiger partial charge on any atom is -0.475 e. The van der Waals surface area contributed by atoms with Crippen molar-refractivity contribution in [3.05, 3.63) is 22.8 Å². The summed E-state index contributed by atoms with van der Waals surface area (Å²) in [4.78, 5) is 3.93. The van der Waals surface area contributed by atoms with Crippen molar-refractivity contribution < 1.29 is 14.2 Å². The minimum absolute atomic E-state index is 0.236. The molecule has 0 aliphatic heterocycles. The van der Waals surface area contributed by atoms with E-state index in [9.17, 15) is 0 Å². The number of rotatable bonds is 7. The maximum Gasteiger partial charge on any atom is 0.216 e. The lowest BCUT2D eigenvalue weighted by Gasteiger charge is -2.06. The Morgan fingerprint density at radius 3 is 2.76 bits per heavy atom. The van der Waals surface area contributed by atoms with E-state index in [1.165, 1.54) is 12.1 Å². The summed E-state index contributed by atoms with van der Waals surface area (Å²) in [6, 6.07) is 4.98. The van der Waals surface area contributed by atoms with Gasteiger partial charge in [-0.25, -0.2) is 4.98 Å². The predicted octanol–water partition coefficient (Wildman–Crippen LogP) is 1.65. The molecule has 1 rings (SSSR count). The molecule has 0 aliphatic rings. The second-order valence-electron chi connectivity index (χ2n) is 3.08. The van der Waals surface area contributed by atoms with Gasteiger partial charge in [0, 0.05) is 13.2 Å². The number of halogens is 1. The van der Waals surface area contributed by atoms with E-state index in [1.807, 2.05) is 6.07 Å². The minimum atomic E-state index is 0.236. The van der Waals surface area contributed by atoms with E-state index in [1.54, 1.807) is 7.11 Å². The molecule has 5 nitrogen and oxygen atoms in total. The Kier molecular flexibility index (Phi) is 6.33. The summed E-state index contributed by atoms with van der Waals surface area (Å²) < 4.78 is 15.3. The number of pyridine rings is 1. The molecule has 0 radical (unpaired) electrons. The van der Waals surface area contributed by atoms with Crippen LogP contribution in [0.1, 0.15) is 5.56 Å². The van der Waals surface area contributed by atoms with Gasteiger partial charge in [0.2, 0.25) is 5.88 Å². The Balaban J connectivity index is 2.32. The van der Waals surface area contributed by atoms with Crippen LogP contribution in [-0.4, -0.2) is 38.5 Å². The topological polar surface area (TPSA) is 64.4 Å². The first-order chi connectivity index (χ1) is 8.26. The van der Waals surface area contributed by atoms with Crippen molar-refractivity contribution in [2.75, 3.05) is 33.5 Å². The zero-order valence-corrected chi connectivity index (χ0v) is 10.2. The zero-order valence-electron chi connectivity index (χ0n) is 9.48. The van der Waals surface area contributed by atoms with E-state index in [-0.39, 0.29) is 5.15 Å². The number of aromatic nitrogens is 1. The maximum absolute atomic E-state index is 8.72. The van der Waals surface area contributed by atoms with Gasteiger partial charge in [0.05, 0.1) is 31.5 Å². The Morgan fingerprint density at radius 2 is 2.06 bits per heavy atom. The molecule has 0 saturated heterocycles. The quantitative estimate of drug-likeness (QED) is 0.548. The first-order valence-corrected chi connectivity index (χ1v) is 5.41. The van der Waals surface area contributed by atoms with E-state index < -0.39 is 0 Å². The Labute approximate surface area is 105 Å². The molecule has 1 aromatic heterocycles. The predicted molar refractivity (Wildman–Crippen MR) is 62.2 cm³/mol. The fourth-order valence-electron chi connectivity index (χ4n) is 1.06. The summed E-state index contributed by atoms with van der Waals surface area (Å²) in [5, 5.41) is 8.96. The third-order valence-corrected chi connectivity index (χ3v) is 2.00. The molecule has 1 aromatic rings. The van der Waals surface area contributed by atoms with Gasteiger partial charge < -0.3 is 14.2 Å². The smallest absolute Gasteiger partial charge is 0.216 e. The summed E-state index contributed by atoms with van der Waals surface area (Å²) in [6.07, 6.45) is 0. The fraction of sp³-hybridized carbons (Fsp3) is 0.455. The van der Waals surface area contributed by atoms with Crippen LogP contribution in [0.4, 0.5) is 0 Å². The Morgan fingerprint density at radius 1 is 1.29 bits per heavy atom. The molecule has 0 bridgehead atoms. The van der Waals surface area contributed by atoms with E-state index in [2.05, 4.69) is 4.98 Å². The van der Waals surface area contributed by atoms with Crippen molar-refractivity contribution in [2.45, 2.75) is 0 Å². The van der Waals surface area contributed by atoms with Gasteiger partial charge in [-0.1, -0.05) is 11.6 Å². The van der Waals surface area contributed by atoms with Crippen LogP contribution in [0.5, 0.6) is 5.88 Å². The second-order valence-corrected chi connectivity index (χ2v) is 3.47. The van der Waals surface area contributed by atoms with E-state index in [0.29, 0.717) is 37.9 Å². The van der Waals surface area contributed by atoms with Gasteiger partial charge in [-0.05, 0) is 6.07 Å². The van der Waals surface area contributed by atoms with Crippen LogP contribution in [0.25, 0.3) is 0 Å². The number of nitriles is 1. The van der Waals surface area contributed by atoms with Gasteiger partial charge in [0.1, 0.15) is 11.8 Å². The summed E-state index contributed by atoms with van der Waals surface area (Å²) in [5.74, 6) is 0.324. The molecule has 0 atom stereocenters. The third-order valence-electron chi connectivity index (χ3n) is 1.81. The fourth-order valence-corrected chi connectivity index (χ4v) is 1.26. The van der Waals surface area contributed by atoms with Gasteiger partial charge in [0.15, 0.2) is 0 Å². The maximum atomic E-state index is 8.72. The summed E-state index contributed by atoms with van der Waals surface area (Å²) in [6.45, 7) is 1.85. The van der Waals surface area contributed by atoms with Gasteiger partial charge >= 0.3 is 0 Å². The van der Waals surface area contributed by atoms with Crippen molar-refractivity contribution >= 4 is 11.6 Å². The van der Waals surface area contributed by atoms with Crippen molar-refractivity contribution in [3.8, 4) is 11.9 Å². The average molecular weight is 257 g/mol. The molecule has 0 saturated carbocycles. The summed E-state index contributed by atoms with van der Waals surface area (Å²) in [5.41, 5.74) is 0.417. The number of hydrogen-bond acceptors (Lipinski definition) is 5. The highest BCUT2D eigenvalue weighted by atomic mass is 35.5. The van der Waals surface area contributed by atoms with E-state index in [4.69, 9.17) is 31.1 Å². The zero-order chi connectivity index (χ0) is 12.5. The van der Waals surface area contributed by atoms with Crippen LogP contribution in [0.2, 0.25) is 5.15 Å². The van der Waals surface area contributed by atoms with Crippen LogP contribution in [0.3, 0.4) is 0 Å². The summed E-state index contributed by atoms with van der Waals surface area (Å²) in [7, 11) is 1.61. The molecular weight excluding hydrogens is 244 g/mol. The van der Waals surface area contributed by atoms with E-state index >= 15 is 0 Å². The normalized spacial score (nSPS) is 9.94. The molecule has 0 aromatic carbocycles. The first-order valence-electron chi connectivity index (χ1n) is 5.03. The van der Waals surface area contributed by atoms with Gasteiger partial charge in [0.25, 0.3) is 0 Å². The molecule has 0 N–H and O–H groups in total. The number of hydrogen-bond donors (Lipinski definition) is 0. The van der Waals surface area contributed by atoms with E-state index in [0.717, 1.165) is 0 Å². The lowest BCUT2D eigenvalue weighted by Crippen LogP contribution is -2.10. The third kappa shape index (κ3) is 5.50. The largest absolute Gasteiger partial charge is 0.475 e. The lowest BCUT2D eigenvalue weighted by molar-refractivity contribution is 0.0537. The number of nitrogens with zero attached hydrogens (tertiary/aromatic N) is 2. The molecule has 1 heterocycles. The van der Waals surface area contributed by atoms with Crippen molar-refractivity contribution in [2.24, 2.45) is 0 Å². The van der Waals surface area contributed by atoms with Crippen molar-refractivity contribution in [3.63, 3.8) is 0 Å². The molecule has 92 valence electrons. The lowest BCUT2D eigenvalue weighted by atomic mass is 10.3. The van der Waals surface area contributed by atoms with Gasteiger partial charge in [-0.15, -0.1) is 0 Å². The number of ether oxygens (including phenoxy) is 3. The molecule has 0 aliphatic carbocycles. The molecular formula is C11H13ClN2O3. The first kappa shape index (κ1) is 13.7. The highest BCUT2D eigenvalue weighted by molar-refractivity contribution is 6.29. The molecule has 0 amide bonds. The van der Waals surface area contributed by atoms with Crippen LogP contribution < -0.4 is 4.74 Å². The van der Waals surface area contributed by atoms with Gasteiger partial charge in [-0.2, -0.15) is 5.26 Å². The summed E-state index contributed by atoms with van der Waals surface area (Å²) >= 11 is 5.72. The Bertz CT molecular complexity index is 393. The van der Waals surface area contributed by atoms with Crippen LogP contribution >= 0.6 is 11.6 Å². The van der Waals surface area contributed by atoms with Crippen LogP contribution in [0.15, 0.2) is 12.1 Å². The monoisotopic (exact) mass is 256 g/mol. The SMILES string of the molecule is COCCOCCOc1cc(C#N)cc(Cl)n1. The van der Waals surface area contributed by atoms with Gasteiger partial charge in [-0.3, -0.25) is 0 Å². The molecule has 0 fully saturated rings. The highest BCUT2D eigenvalue weighted by Gasteiger charge is 2.01.